The molecule has 13 N–H and O–H groups in total. The van der Waals surface area contributed by atoms with Crippen molar-refractivity contribution in [2.24, 2.45) is 39.4 Å². The number of methoxy groups -OCH3 is 1. The molecule has 83 heavy (non-hydrogen) atoms. The number of ketones is 1. The molecule has 5 aliphatic heterocycles. The molecule has 0 aromatic heterocycles. The molecule has 8 fully saturated rings. The van der Waals surface area contributed by atoms with Crippen LogP contribution in [0.3, 0.4) is 0 Å². The van der Waals surface area contributed by atoms with E-state index < -0.39 is 197 Å². The van der Waals surface area contributed by atoms with E-state index in [4.69, 9.17) is 52.1 Å². The van der Waals surface area contributed by atoms with Crippen LogP contribution in [0.1, 0.15) is 106 Å². The zero-order chi connectivity index (χ0) is 60.6. The van der Waals surface area contributed by atoms with Gasteiger partial charge in [0.05, 0.1) is 44.7 Å². The molecule has 4 aliphatic carbocycles. The molecular weight excluding hydrogens is 1100 g/mol. The number of fused-ring (bicyclic) bond motifs is 5. The van der Waals surface area contributed by atoms with Crippen molar-refractivity contribution >= 4 is 5.78 Å². The Kier molecular flexibility index (Phi) is 20.2. The molecule has 0 aromatic rings. The van der Waals surface area contributed by atoms with E-state index in [9.17, 15) is 71.2 Å². The van der Waals surface area contributed by atoms with E-state index >= 15 is 0 Å². The van der Waals surface area contributed by atoms with Crippen LogP contribution in [0.4, 0.5) is 0 Å². The van der Waals surface area contributed by atoms with E-state index in [1.54, 1.807) is 0 Å². The first-order valence-corrected chi connectivity index (χ1v) is 29.7. The van der Waals surface area contributed by atoms with Crippen molar-refractivity contribution in [3.63, 3.8) is 0 Å². The summed E-state index contributed by atoms with van der Waals surface area (Å²) in [4.78, 5) is 14.1. The highest BCUT2D eigenvalue weighted by atomic mass is 16.8. The highest BCUT2D eigenvalue weighted by molar-refractivity contribution is 5.86. The minimum Gasteiger partial charge on any atom is -0.394 e. The summed E-state index contributed by atoms with van der Waals surface area (Å²) in [6.45, 7) is 16.2. The summed E-state index contributed by atoms with van der Waals surface area (Å²) in [5.41, 5.74) is 0.726. The normalized spacial score (nSPS) is 51.3. The molecule has 31 atom stereocenters. The van der Waals surface area contributed by atoms with Crippen LogP contribution in [0.15, 0.2) is 23.8 Å². The number of hydrogen-bond donors (Lipinski definition) is 13. The Morgan fingerprint density at radius 2 is 1.27 bits per heavy atom. The number of allylic oxidation sites excluding steroid dienone is 3. The molecule has 25 heteroatoms. The fourth-order valence-electron chi connectivity index (χ4n) is 16.2. The lowest BCUT2D eigenvalue weighted by Crippen LogP contribution is -2.66. The van der Waals surface area contributed by atoms with Crippen LogP contribution < -0.4 is 0 Å². The second-order valence-electron chi connectivity index (χ2n) is 26.5. The Morgan fingerprint density at radius 1 is 0.663 bits per heavy atom. The molecule has 0 spiro atoms. The Bertz CT molecular complexity index is 2260. The summed E-state index contributed by atoms with van der Waals surface area (Å²) in [5, 5.41) is 143. The van der Waals surface area contributed by atoms with Gasteiger partial charge in [-0.1, -0.05) is 51.8 Å². The minimum atomic E-state index is -1.95. The molecule has 0 radical (unpaired) electrons. The standard InChI is InChI=1S/C58H94O25/c1-24(2)11-10-12-28(61)36-29(62)19-58(8)27-13-14-34-55(4,5)35(16-17-56(34,6)26(27)15-18-57(36,58)7)80-54-49(39(66)33(23-75-54)79-52-42(69)40(67)37(64)31(20-59)77-52)83-51-43(70)41(68)46(25(3)76-51)81-50-44(71)47(30(63)22-74-50)82-53-45(72)48(73-9)38(65)32(21-60)78-53/h15,25,27-28,30-54,59-61,63-72H,1,10-14,16-23H2,2-9H3/t25-,27?,28?,30-,31-,32-,33-,34?,35+,36+,37-,38-,39+,40+,41-,42-,43-,44-,45-,46-,47+,48+,49-,50+,51+,52+,53+,54+,56-,57-,58+/m1/s1. The first kappa shape index (κ1) is 65.6. The molecule has 3 unspecified atom stereocenters. The van der Waals surface area contributed by atoms with Crippen LogP contribution in [0.5, 0.6) is 0 Å². The topological polar surface area (TPSA) is 382 Å². The van der Waals surface area contributed by atoms with Crippen molar-refractivity contribution < 1.29 is 123 Å². The third-order valence-corrected chi connectivity index (χ3v) is 21.1. The maximum absolute atomic E-state index is 14.1. The second-order valence-corrected chi connectivity index (χ2v) is 26.5. The Hall–Kier alpha value is -1.81. The lowest BCUT2D eigenvalue weighted by atomic mass is 9.41. The van der Waals surface area contributed by atoms with Gasteiger partial charge in [-0.05, 0) is 98.7 Å². The molecule has 9 aliphatic rings. The van der Waals surface area contributed by atoms with Crippen LogP contribution in [-0.4, -0.2) is 259 Å². The highest BCUT2D eigenvalue weighted by Crippen LogP contribution is 2.72. The van der Waals surface area contributed by atoms with Gasteiger partial charge in [-0.3, -0.25) is 4.79 Å². The second kappa shape index (κ2) is 25.6. The van der Waals surface area contributed by atoms with Crippen LogP contribution in [0.25, 0.3) is 0 Å². The largest absolute Gasteiger partial charge is 0.394 e. The van der Waals surface area contributed by atoms with Gasteiger partial charge in [0.25, 0.3) is 0 Å². The van der Waals surface area contributed by atoms with Gasteiger partial charge < -0.3 is 118 Å². The van der Waals surface area contributed by atoms with Gasteiger partial charge in [-0.25, -0.2) is 0 Å². The number of ether oxygens (including phenoxy) is 11. The van der Waals surface area contributed by atoms with Crippen molar-refractivity contribution in [1.29, 1.82) is 0 Å². The first-order valence-electron chi connectivity index (χ1n) is 29.7. The third kappa shape index (κ3) is 11.9. The van der Waals surface area contributed by atoms with Crippen molar-refractivity contribution in [3.8, 4) is 0 Å². The predicted octanol–water partition coefficient (Wildman–Crippen LogP) is -1.68. The molecule has 25 nitrogen and oxygen atoms in total. The average molecular weight is 1190 g/mol. The number of carbonyl (C=O) groups is 1. The van der Waals surface area contributed by atoms with Gasteiger partial charge in [0.2, 0.25) is 0 Å². The van der Waals surface area contributed by atoms with E-state index in [2.05, 4.69) is 47.3 Å². The summed E-state index contributed by atoms with van der Waals surface area (Å²) in [6, 6.07) is 0. The van der Waals surface area contributed by atoms with E-state index in [0.29, 0.717) is 32.1 Å². The number of aliphatic hydroxyl groups excluding tert-OH is 13. The number of rotatable bonds is 18. The summed E-state index contributed by atoms with van der Waals surface area (Å²) >= 11 is 0. The molecule has 5 saturated heterocycles. The van der Waals surface area contributed by atoms with Gasteiger partial charge in [0.15, 0.2) is 31.5 Å². The van der Waals surface area contributed by atoms with Gasteiger partial charge in [-0.15, -0.1) is 6.58 Å². The minimum absolute atomic E-state index is 0.0658. The predicted molar refractivity (Wildman–Crippen MR) is 285 cm³/mol. The van der Waals surface area contributed by atoms with Gasteiger partial charge in [0, 0.05) is 19.4 Å². The quantitative estimate of drug-likeness (QED) is 0.0538. The fraction of sp³-hybridized carbons (Fsp3) is 0.914. The van der Waals surface area contributed by atoms with E-state index in [-0.39, 0.29) is 28.4 Å². The molecule has 5 heterocycles. The van der Waals surface area contributed by atoms with Crippen LogP contribution >= 0.6 is 0 Å². The first-order chi connectivity index (χ1) is 39.1. The summed E-state index contributed by atoms with van der Waals surface area (Å²) < 4.78 is 65.8. The fourth-order valence-corrected chi connectivity index (χ4v) is 16.2. The average Bonchev–Trinajstić information content (AvgIpc) is 1.73. The number of hydrogen-bond acceptors (Lipinski definition) is 25. The lowest BCUT2D eigenvalue weighted by molar-refractivity contribution is -0.390. The smallest absolute Gasteiger partial charge is 0.187 e. The van der Waals surface area contributed by atoms with Crippen molar-refractivity contribution in [3.05, 3.63) is 23.8 Å². The Morgan fingerprint density at radius 3 is 1.93 bits per heavy atom. The van der Waals surface area contributed by atoms with E-state index in [1.807, 2.05) is 6.92 Å². The number of carbonyl (C=O) groups excluding carboxylic acids is 1. The monoisotopic (exact) mass is 1190 g/mol. The highest BCUT2D eigenvalue weighted by Gasteiger charge is 2.68. The van der Waals surface area contributed by atoms with Crippen molar-refractivity contribution in [2.45, 2.75) is 260 Å². The number of aliphatic hydroxyl groups is 13. The maximum Gasteiger partial charge on any atom is 0.187 e. The molecule has 9 rings (SSSR count). The molecule has 0 aromatic carbocycles. The maximum atomic E-state index is 14.1. The zero-order valence-corrected chi connectivity index (χ0v) is 48.9. The van der Waals surface area contributed by atoms with E-state index in [0.717, 1.165) is 31.3 Å². The van der Waals surface area contributed by atoms with E-state index in [1.165, 1.54) is 19.6 Å². The van der Waals surface area contributed by atoms with Crippen LogP contribution in [0.2, 0.25) is 0 Å². The van der Waals surface area contributed by atoms with Gasteiger partial charge >= 0.3 is 0 Å². The molecule has 3 saturated carbocycles. The summed E-state index contributed by atoms with van der Waals surface area (Å²) in [6.07, 6.45) is -29.4. The van der Waals surface area contributed by atoms with Gasteiger partial charge in [-0.2, -0.15) is 0 Å². The lowest BCUT2D eigenvalue weighted by Gasteiger charge is -2.64. The summed E-state index contributed by atoms with van der Waals surface area (Å²) in [7, 11) is 1.22. The number of Topliss-reactive ketones (excluding diaryl/α,β-unsaturated/α-hetero) is 1. The van der Waals surface area contributed by atoms with Crippen molar-refractivity contribution in [1.82, 2.24) is 0 Å². The molecule has 0 amide bonds. The van der Waals surface area contributed by atoms with Gasteiger partial charge in [0.1, 0.15) is 110 Å². The van der Waals surface area contributed by atoms with Crippen LogP contribution in [-0.2, 0) is 56.9 Å². The molecule has 0 bridgehead atoms. The zero-order valence-electron chi connectivity index (χ0n) is 48.9. The summed E-state index contributed by atoms with van der Waals surface area (Å²) in [5.74, 6) is -0.159. The Labute approximate surface area is 484 Å². The molecular formula is C58H94O25. The van der Waals surface area contributed by atoms with Crippen LogP contribution in [0, 0.1) is 39.4 Å². The Balaban J connectivity index is 0.913. The molecule has 476 valence electrons. The SMILES string of the molecule is C=C(C)CCCC(O)[C@H]1C(=O)C[C@@]2(C)C3CCC4C(C)(C)[C@@H](O[C@@H]5OC[C@@H](O[C@@H]6O[C@H](CO)[C@@H](O)[C@H](O)[C@H]6O)[C@H](O)[C@H]5O[C@@H]5O[C@H](C)[C@@H](O[C@@H]6OC[C@@H](O)[C@H](O[C@@H]7O[C@H](CO)[C@@H](O)[C@H](OC)[C@H]7O)[C@H]6O)[C@H](O)[C@H]5O)CC[C@]4(C)C3=CC[C@]12C. The van der Waals surface area contributed by atoms with Crippen molar-refractivity contribution in [2.75, 3.05) is 33.5 Å². The third-order valence-electron chi connectivity index (χ3n) is 21.1.